The maximum absolute atomic E-state index is 5.13. The van der Waals surface area contributed by atoms with Crippen LogP contribution in [0.15, 0.2) is 48.9 Å². The number of aromatic nitrogens is 3. The number of benzene rings is 1. The maximum Gasteiger partial charge on any atom is 0.234 e. The topological polar surface area (TPSA) is 39.4 Å². The molecule has 0 aliphatic carbocycles. The largest absolute Gasteiger partial charge is 0.497 e. The first-order chi connectivity index (χ1) is 8.36. The molecule has 0 bridgehead atoms. The number of hydrogen-bond donors (Lipinski definition) is 0. The van der Waals surface area contributed by atoms with E-state index in [0.29, 0.717) is 5.78 Å². The number of rotatable bonds is 2. The van der Waals surface area contributed by atoms with E-state index in [4.69, 9.17) is 4.74 Å². The average molecular weight is 225 g/mol. The van der Waals surface area contributed by atoms with Gasteiger partial charge < -0.3 is 4.74 Å². The van der Waals surface area contributed by atoms with Crippen LogP contribution in [0.5, 0.6) is 5.75 Å². The first-order valence-corrected chi connectivity index (χ1v) is 5.31. The quantitative estimate of drug-likeness (QED) is 0.672. The highest BCUT2D eigenvalue weighted by Gasteiger charge is 2.04. The van der Waals surface area contributed by atoms with Crippen LogP contribution < -0.4 is 4.74 Å². The van der Waals surface area contributed by atoms with Crippen LogP contribution >= 0.6 is 0 Å². The summed E-state index contributed by atoms with van der Waals surface area (Å²) in [5.41, 5.74) is 1.96. The van der Waals surface area contributed by atoms with Gasteiger partial charge in [0, 0.05) is 24.2 Å². The summed E-state index contributed by atoms with van der Waals surface area (Å²) >= 11 is 0. The highest BCUT2D eigenvalue weighted by molar-refractivity contribution is 5.62. The van der Waals surface area contributed by atoms with Crippen LogP contribution in [0.4, 0.5) is 0 Å². The summed E-state index contributed by atoms with van der Waals surface area (Å²) in [4.78, 5) is 8.64. The molecule has 3 rings (SSSR count). The lowest BCUT2D eigenvalue weighted by atomic mass is 10.2. The molecule has 4 nitrogen and oxygen atoms in total. The first kappa shape index (κ1) is 9.84. The van der Waals surface area contributed by atoms with Gasteiger partial charge in [-0.3, -0.25) is 4.40 Å². The number of nitrogens with zero attached hydrogens (tertiary/aromatic N) is 3. The third-order valence-electron chi connectivity index (χ3n) is 2.62. The van der Waals surface area contributed by atoms with Gasteiger partial charge in [-0.2, -0.15) is 0 Å². The van der Waals surface area contributed by atoms with Crippen molar-refractivity contribution in [2.24, 2.45) is 0 Å². The Labute approximate surface area is 98.5 Å². The Bertz CT molecular complexity index is 610. The van der Waals surface area contributed by atoms with Crippen LogP contribution in [-0.4, -0.2) is 21.5 Å². The number of ether oxygens (including phenoxy) is 1. The van der Waals surface area contributed by atoms with Crippen molar-refractivity contribution in [1.82, 2.24) is 14.4 Å². The van der Waals surface area contributed by atoms with E-state index in [2.05, 4.69) is 9.97 Å². The van der Waals surface area contributed by atoms with Crippen molar-refractivity contribution in [3.63, 3.8) is 0 Å². The Balaban J connectivity index is 2.07. The summed E-state index contributed by atoms with van der Waals surface area (Å²) < 4.78 is 7.03. The van der Waals surface area contributed by atoms with Crippen LogP contribution in [0.3, 0.4) is 0 Å². The van der Waals surface area contributed by atoms with Gasteiger partial charge in [0.25, 0.3) is 0 Å². The second-order valence-corrected chi connectivity index (χ2v) is 3.68. The SMILES string of the molecule is COc1ccc(-c2cn3cccnc3n2)cc1. The standard InChI is InChI=1S/C13H11N3O/c1-17-11-5-3-10(4-6-11)12-9-16-8-2-7-14-13(16)15-12/h2-9H,1H3. The summed E-state index contributed by atoms with van der Waals surface area (Å²) in [6, 6.07) is 9.70. The van der Waals surface area contributed by atoms with Crippen molar-refractivity contribution in [2.75, 3.05) is 7.11 Å². The van der Waals surface area contributed by atoms with Crippen LogP contribution in [-0.2, 0) is 0 Å². The molecule has 0 fully saturated rings. The lowest BCUT2D eigenvalue weighted by Crippen LogP contribution is -1.83. The Morgan fingerprint density at radius 3 is 2.71 bits per heavy atom. The highest BCUT2D eigenvalue weighted by Crippen LogP contribution is 2.21. The second-order valence-electron chi connectivity index (χ2n) is 3.68. The minimum atomic E-state index is 0.707. The van der Waals surface area contributed by atoms with Crippen molar-refractivity contribution in [1.29, 1.82) is 0 Å². The molecule has 0 amide bonds. The Kier molecular flexibility index (Phi) is 2.26. The molecule has 0 atom stereocenters. The van der Waals surface area contributed by atoms with Gasteiger partial charge in [0.05, 0.1) is 12.8 Å². The van der Waals surface area contributed by atoms with Crippen LogP contribution in [0.2, 0.25) is 0 Å². The van der Waals surface area contributed by atoms with Crippen LogP contribution in [0, 0.1) is 0 Å². The van der Waals surface area contributed by atoms with Crippen molar-refractivity contribution in [2.45, 2.75) is 0 Å². The average Bonchev–Trinajstić information content (AvgIpc) is 2.82. The van der Waals surface area contributed by atoms with E-state index in [1.165, 1.54) is 0 Å². The van der Waals surface area contributed by atoms with Gasteiger partial charge in [-0.1, -0.05) is 0 Å². The van der Waals surface area contributed by atoms with E-state index in [1.54, 1.807) is 13.3 Å². The van der Waals surface area contributed by atoms with Gasteiger partial charge in [-0.15, -0.1) is 0 Å². The van der Waals surface area contributed by atoms with Gasteiger partial charge in [0.2, 0.25) is 5.78 Å². The zero-order chi connectivity index (χ0) is 11.7. The molecule has 2 heterocycles. The van der Waals surface area contributed by atoms with E-state index in [-0.39, 0.29) is 0 Å². The third kappa shape index (κ3) is 1.73. The van der Waals surface area contributed by atoms with Crippen molar-refractivity contribution in [3.05, 3.63) is 48.9 Å². The molecule has 0 aliphatic heterocycles. The third-order valence-corrected chi connectivity index (χ3v) is 2.62. The monoisotopic (exact) mass is 225 g/mol. The van der Waals surface area contributed by atoms with E-state index < -0.39 is 0 Å². The maximum atomic E-state index is 5.13. The summed E-state index contributed by atoms with van der Waals surface area (Å²) in [5, 5.41) is 0. The number of fused-ring (bicyclic) bond motifs is 1. The van der Waals surface area contributed by atoms with Crippen molar-refractivity contribution < 1.29 is 4.74 Å². The highest BCUT2D eigenvalue weighted by atomic mass is 16.5. The van der Waals surface area contributed by atoms with Crippen molar-refractivity contribution in [3.8, 4) is 17.0 Å². The molecule has 0 saturated heterocycles. The molecule has 4 heteroatoms. The van der Waals surface area contributed by atoms with E-state index in [9.17, 15) is 0 Å². The predicted molar refractivity (Wildman–Crippen MR) is 65.0 cm³/mol. The fourth-order valence-electron chi connectivity index (χ4n) is 1.73. The zero-order valence-electron chi connectivity index (χ0n) is 9.37. The summed E-state index contributed by atoms with van der Waals surface area (Å²) in [7, 11) is 1.66. The molecule has 0 spiro atoms. The number of hydrogen-bond acceptors (Lipinski definition) is 3. The second kappa shape index (κ2) is 3.90. The molecule has 2 aromatic heterocycles. The number of methoxy groups -OCH3 is 1. The Morgan fingerprint density at radius 2 is 2.00 bits per heavy atom. The smallest absolute Gasteiger partial charge is 0.234 e. The van der Waals surface area contributed by atoms with Crippen LogP contribution in [0.1, 0.15) is 0 Å². The van der Waals surface area contributed by atoms with E-state index in [0.717, 1.165) is 17.0 Å². The van der Waals surface area contributed by atoms with E-state index in [1.807, 2.05) is 47.1 Å². The normalized spacial score (nSPS) is 10.6. The minimum Gasteiger partial charge on any atom is -0.497 e. The van der Waals surface area contributed by atoms with Gasteiger partial charge >= 0.3 is 0 Å². The molecule has 0 unspecified atom stereocenters. The molecule has 84 valence electrons. The molecule has 0 saturated carbocycles. The zero-order valence-corrected chi connectivity index (χ0v) is 9.37. The summed E-state index contributed by atoms with van der Waals surface area (Å²) in [5.74, 6) is 1.55. The van der Waals surface area contributed by atoms with E-state index >= 15 is 0 Å². The molecule has 3 aromatic rings. The fourth-order valence-corrected chi connectivity index (χ4v) is 1.73. The molecule has 0 N–H and O–H groups in total. The van der Waals surface area contributed by atoms with Crippen LogP contribution in [0.25, 0.3) is 17.0 Å². The number of imidazole rings is 1. The fraction of sp³-hybridized carbons (Fsp3) is 0.0769. The lowest BCUT2D eigenvalue weighted by molar-refractivity contribution is 0.415. The minimum absolute atomic E-state index is 0.707. The molecule has 17 heavy (non-hydrogen) atoms. The molecular formula is C13H11N3O. The summed E-state index contributed by atoms with van der Waals surface area (Å²) in [6.45, 7) is 0. The van der Waals surface area contributed by atoms with Gasteiger partial charge in [-0.25, -0.2) is 9.97 Å². The lowest BCUT2D eigenvalue weighted by Gasteiger charge is -1.99. The van der Waals surface area contributed by atoms with Gasteiger partial charge in [0.1, 0.15) is 5.75 Å². The van der Waals surface area contributed by atoms with Gasteiger partial charge in [0.15, 0.2) is 0 Å². The summed E-state index contributed by atoms with van der Waals surface area (Å²) in [6.07, 6.45) is 5.63. The Morgan fingerprint density at radius 1 is 1.18 bits per heavy atom. The predicted octanol–water partition coefficient (Wildman–Crippen LogP) is 2.40. The molecule has 0 aliphatic rings. The van der Waals surface area contributed by atoms with Gasteiger partial charge in [-0.05, 0) is 30.3 Å². The molecule has 0 radical (unpaired) electrons. The Hall–Kier alpha value is -2.36. The molecule has 1 aromatic carbocycles. The first-order valence-electron chi connectivity index (χ1n) is 5.31. The van der Waals surface area contributed by atoms with Crippen molar-refractivity contribution >= 4 is 5.78 Å². The molecular weight excluding hydrogens is 214 g/mol.